The molecule has 0 saturated heterocycles. The van der Waals surface area contributed by atoms with E-state index in [1.54, 1.807) is 12.1 Å². The summed E-state index contributed by atoms with van der Waals surface area (Å²) in [7, 11) is 0. The monoisotopic (exact) mass is 400 g/mol. The second-order valence-electron chi connectivity index (χ2n) is 5.78. The Kier molecular flexibility index (Phi) is 5.82. The largest absolute Gasteiger partial charge is 0.300 e. The minimum absolute atomic E-state index is 0.0172. The van der Waals surface area contributed by atoms with Gasteiger partial charge in [0, 0.05) is 22.6 Å². The van der Waals surface area contributed by atoms with E-state index >= 15 is 0 Å². The van der Waals surface area contributed by atoms with Crippen molar-refractivity contribution in [2.45, 2.75) is 24.0 Å². The number of nitrogens with zero attached hydrogens (tertiary/aromatic N) is 3. The fourth-order valence-corrected chi connectivity index (χ4v) is 3.83. The molecule has 0 aliphatic rings. The number of carbonyl (C=O) groups excluding carboxylic acids is 1. The first-order chi connectivity index (χ1) is 12.9. The number of hydrogen-bond acceptors (Lipinski definition) is 7. The van der Waals surface area contributed by atoms with Crippen molar-refractivity contribution in [3.8, 4) is 10.6 Å². The Morgan fingerprint density at radius 1 is 1.22 bits per heavy atom. The number of thioether (sulfide) groups is 1. The molecule has 138 valence electrons. The minimum Gasteiger partial charge on any atom is -0.300 e. The summed E-state index contributed by atoms with van der Waals surface area (Å²) >= 11 is 2.63. The number of amides is 1. The third-order valence-corrected chi connectivity index (χ3v) is 5.66. The normalized spacial score (nSPS) is 11.8. The molecule has 3 aromatic rings. The molecule has 7 nitrogen and oxygen atoms in total. The van der Waals surface area contributed by atoms with Crippen LogP contribution in [-0.4, -0.2) is 26.3 Å². The first-order valence-corrected chi connectivity index (χ1v) is 9.74. The maximum absolute atomic E-state index is 12.4. The van der Waals surface area contributed by atoms with Crippen molar-refractivity contribution in [3.63, 3.8) is 0 Å². The predicted octanol–water partition coefficient (Wildman–Crippen LogP) is 4.54. The van der Waals surface area contributed by atoms with Crippen LogP contribution in [0, 0.1) is 17.0 Å². The lowest BCUT2D eigenvalue weighted by atomic mass is 10.2. The Balaban J connectivity index is 1.66. The maximum Gasteiger partial charge on any atom is 0.270 e. The van der Waals surface area contributed by atoms with Gasteiger partial charge in [0.05, 0.1) is 10.2 Å². The summed E-state index contributed by atoms with van der Waals surface area (Å²) in [5.41, 5.74) is 1.74. The molecular weight excluding hydrogens is 384 g/mol. The van der Waals surface area contributed by atoms with Gasteiger partial charge in [-0.05, 0) is 26.0 Å². The summed E-state index contributed by atoms with van der Waals surface area (Å²) in [6.45, 7) is 3.83. The van der Waals surface area contributed by atoms with Crippen molar-refractivity contribution in [3.05, 3.63) is 64.2 Å². The Morgan fingerprint density at radius 3 is 2.67 bits per heavy atom. The van der Waals surface area contributed by atoms with E-state index in [-0.39, 0.29) is 16.8 Å². The number of carbonyl (C=O) groups is 1. The molecule has 27 heavy (non-hydrogen) atoms. The van der Waals surface area contributed by atoms with E-state index in [2.05, 4.69) is 15.5 Å². The van der Waals surface area contributed by atoms with E-state index in [1.807, 2.05) is 38.1 Å². The summed E-state index contributed by atoms with van der Waals surface area (Å²) in [4.78, 5) is 23.8. The van der Waals surface area contributed by atoms with Crippen LogP contribution in [0.25, 0.3) is 10.6 Å². The number of nitro benzene ring substituents is 1. The van der Waals surface area contributed by atoms with E-state index < -0.39 is 4.92 Å². The van der Waals surface area contributed by atoms with Crippen LogP contribution in [-0.2, 0) is 4.79 Å². The van der Waals surface area contributed by atoms with Crippen LogP contribution in [0.2, 0.25) is 0 Å². The molecule has 0 aliphatic carbocycles. The van der Waals surface area contributed by atoms with Crippen molar-refractivity contribution < 1.29 is 9.72 Å². The summed E-state index contributed by atoms with van der Waals surface area (Å²) in [5, 5.41) is 22.2. The van der Waals surface area contributed by atoms with Gasteiger partial charge in [-0.3, -0.25) is 20.2 Å². The van der Waals surface area contributed by atoms with Crippen molar-refractivity contribution in [1.29, 1.82) is 0 Å². The van der Waals surface area contributed by atoms with Gasteiger partial charge >= 0.3 is 0 Å². The van der Waals surface area contributed by atoms with Crippen LogP contribution in [0.5, 0.6) is 0 Å². The summed E-state index contributed by atoms with van der Waals surface area (Å²) in [6.07, 6.45) is 0. The molecule has 9 heteroatoms. The lowest BCUT2D eigenvalue weighted by Gasteiger charge is -2.10. The SMILES string of the molecule is Cc1ccc(SC(C)C(=O)Nc2nnc(-c3cccc([N+](=O)[O-])c3)s2)cc1. The average molecular weight is 400 g/mol. The fraction of sp³-hybridized carbons (Fsp3) is 0.167. The summed E-state index contributed by atoms with van der Waals surface area (Å²) in [6, 6.07) is 14.1. The third-order valence-electron chi connectivity index (χ3n) is 3.66. The highest BCUT2D eigenvalue weighted by Gasteiger charge is 2.17. The molecule has 1 atom stereocenters. The van der Waals surface area contributed by atoms with Gasteiger partial charge in [-0.2, -0.15) is 0 Å². The van der Waals surface area contributed by atoms with Crippen molar-refractivity contribution in [1.82, 2.24) is 10.2 Å². The fourth-order valence-electron chi connectivity index (χ4n) is 2.22. The molecule has 1 heterocycles. The van der Waals surface area contributed by atoms with Gasteiger partial charge < -0.3 is 0 Å². The molecule has 1 unspecified atom stereocenters. The second-order valence-corrected chi connectivity index (χ2v) is 8.17. The van der Waals surface area contributed by atoms with E-state index in [1.165, 1.54) is 40.8 Å². The van der Waals surface area contributed by atoms with Gasteiger partial charge in [-0.1, -0.05) is 41.2 Å². The molecule has 1 amide bonds. The zero-order valence-electron chi connectivity index (χ0n) is 14.6. The Bertz CT molecular complexity index is 973. The lowest BCUT2D eigenvalue weighted by Crippen LogP contribution is -2.22. The predicted molar refractivity (Wildman–Crippen MR) is 107 cm³/mol. The van der Waals surface area contributed by atoms with Crippen LogP contribution in [0.3, 0.4) is 0 Å². The van der Waals surface area contributed by atoms with Crippen LogP contribution in [0.15, 0.2) is 53.4 Å². The molecule has 0 aliphatic heterocycles. The van der Waals surface area contributed by atoms with Crippen molar-refractivity contribution in [2.75, 3.05) is 5.32 Å². The van der Waals surface area contributed by atoms with Crippen LogP contribution < -0.4 is 5.32 Å². The summed E-state index contributed by atoms with van der Waals surface area (Å²) in [5.74, 6) is -0.178. The highest BCUT2D eigenvalue weighted by atomic mass is 32.2. The second kappa shape index (κ2) is 8.28. The maximum atomic E-state index is 12.4. The number of nitro groups is 1. The standard InChI is InChI=1S/C18H16N4O3S2/c1-11-6-8-15(9-7-11)26-12(2)16(23)19-18-21-20-17(27-18)13-4-3-5-14(10-13)22(24)25/h3-10,12H,1-2H3,(H,19,21,23). The number of benzene rings is 2. The van der Waals surface area contributed by atoms with E-state index in [0.717, 1.165) is 4.90 Å². The zero-order valence-corrected chi connectivity index (χ0v) is 16.2. The minimum atomic E-state index is -0.461. The third kappa shape index (κ3) is 4.89. The number of aryl methyl sites for hydroxylation is 1. The van der Waals surface area contributed by atoms with Crippen molar-refractivity contribution in [2.24, 2.45) is 0 Å². The topological polar surface area (TPSA) is 98.0 Å². The van der Waals surface area contributed by atoms with Crippen LogP contribution >= 0.6 is 23.1 Å². The smallest absolute Gasteiger partial charge is 0.270 e. The number of anilines is 1. The zero-order chi connectivity index (χ0) is 19.4. The Hall–Kier alpha value is -2.78. The van der Waals surface area contributed by atoms with Gasteiger partial charge in [0.25, 0.3) is 5.69 Å². The first-order valence-electron chi connectivity index (χ1n) is 8.05. The number of hydrogen-bond donors (Lipinski definition) is 1. The summed E-state index contributed by atoms with van der Waals surface area (Å²) < 4.78 is 0. The molecule has 0 radical (unpaired) electrons. The Labute approximate surface area is 164 Å². The number of aromatic nitrogens is 2. The molecule has 0 bridgehead atoms. The highest BCUT2D eigenvalue weighted by Crippen LogP contribution is 2.30. The molecule has 2 aromatic carbocycles. The highest BCUT2D eigenvalue weighted by molar-refractivity contribution is 8.00. The molecule has 1 aromatic heterocycles. The van der Waals surface area contributed by atoms with Crippen LogP contribution in [0.4, 0.5) is 10.8 Å². The number of nitrogens with one attached hydrogen (secondary N) is 1. The lowest BCUT2D eigenvalue weighted by molar-refractivity contribution is -0.384. The Morgan fingerprint density at radius 2 is 1.96 bits per heavy atom. The van der Waals surface area contributed by atoms with E-state index in [0.29, 0.717) is 15.7 Å². The molecule has 0 spiro atoms. The van der Waals surface area contributed by atoms with Gasteiger partial charge in [-0.25, -0.2) is 0 Å². The first kappa shape index (κ1) is 19.0. The average Bonchev–Trinajstić information content (AvgIpc) is 3.12. The number of non-ortho nitro benzene ring substituents is 1. The molecular formula is C18H16N4O3S2. The molecule has 3 rings (SSSR count). The molecule has 0 fully saturated rings. The van der Waals surface area contributed by atoms with E-state index in [4.69, 9.17) is 0 Å². The van der Waals surface area contributed by atoms with Gasteiger partial charge in [-0.15, -0.1) is 22.0 Å². The van der Waals surface area contributed by atoms with Gasteiger partial charge in [0.1, 0.15) is 5.01 Å². The number of rotatable bonds is 6. The van der Waals surface area contributed by atoms with Gasteiger partial charge in [0.2, 0.25) is 11.0 Å². The van der Waals surface area contributed by atoms with Crippen LogP contribution in [0.1, 0.15) is 12.5 Å². The molecule has 1 N–H and O–H groups in total. The molecule has 0 saturated carbocycles. The quantitative estimate of drug-likeness (QED) is 0.370. The van der Waals surface area contributed by atoms with E-state index in [9.17, 15) is 14.9 Å². The van der Waals surface area contributed by atoms with Gasteiger partial charge in [0.15, 0.2) is 0 Å². The van der Waals surface area contributed by atoms with Crippen molar-refractivity contribution >= 4 is 39.8 Å².